The Morgan fingerprint density at radius 2 is 1.65 bits per heavy atom. The predicted octanol–water partition coefficient (Wildman–Crippen LogP) is 4.25. The monoisotopic (exact) mass is 273 g/mol. The van der Waals surface area contributed by atoms with E-state index in [4.69, 9.17) is 0 Å². The number of hydrogen-bond donors (Lipinski definition) is 2. The molecule has 2 aromatic rings. The largest absolute Gasteiger partial charge is 0.508 e. The van der Waals surface area contributed by atoms with E-state index in [2.05, 4.69) is 43.4 Å². The number of halogens is 1. The Hall–Kier alpha value is -1.87. The van der Waals surface area contributed by atoms with Crippen LogP contribution in [0.4, 0.5) is 4.39 Å². The van der Waals surface area contributed by atoms with Crippen molar-refractivity contribution >= 4 is 0 Å². The molecule has 0 aliphatic heterocycles. The van der Waals surface area contributed by atoms with Crippen molar-refractivity contribution in [1.82, 2.24) is 5.32 Å². The second-order valence-electron chi connectivity index (χ2n) is 5.23. The second-order valence-corrected chi connectivity index (χ2v) is 5.23. The van der Waals surface area contributed by atoms with Crippen LogP contribution in [0.5, 0.6) is 5.75 Å². The van der Waals surface area contributed by atoms with E-state index in [0.29, 0.717) is 5.56 Å². The van der Waals surface area contributed by atoms with Crippen LogP contribution in [0, 0.1) is 12.7 Å². The molecule has 2 nitrogen and oxygen atoms in total. The Bertz CT molecular complexity index is 580. The molecule has 0 saturated heterocycles. The highest BCUT2D eigenvalue weighted by molar-refractivity contribution is 5.30. The number of hydrogen-bond acceptors (Lipinski definition) is 2. The Morgan fingerprint density at radius 3 is 2.25 bits per heavy atom. The van der Waals surface area contributed by atoms with Gasteiger partial charge in [0.2, 0.25) is 0 Å². The molecule has 0 saturated carbocycles. The second kappa shape index (κ2) is 6.06. The fourth-order valence-corrected chi connectivity index (χ4v) is 2.28. The van der Waals surface area contributed by atoms with E-state index in [0.717, 1.165) is 6.07 Å². The third-order valence-corrected chi connectivity index (χ3v) is 3.53. The van der Waals surface area contributed by atoms with Gasteiger partial charge in [0, 0.05) is 23.7 Å². The van der Waals surface area contributed by atoms with Crippen molar-refractivity contribution in [2.75, 3.05) is 0 Å². The topological polar surface area (TPSA) is 32.3 Å². The Balaban J connectivity index is 2.10. The molecule has 2 aromatic carbocycles. The molecule has 0 fully saturated rings. The molecular formula is C17H20FNO. The molecular weight excluding hydrogens is 253 g/mol. The zero-order chi connectivity index (χ0) is 14.7. The molecule has 2 rings (SSSR count). The van der Waals surface area contributed by atoms with Crippen molar-refractivity contribution in [3.8, 4) is 5.75 Å². The molecule has 0 radical (unpaired) electrons. The van der Waals surface area contributed by atoms with Gasteiger partial charge < -0.3 is 10.4 Å². The first-order valence-corrected chi connectivity index (χ1v) is 6.78. The van der Waals surface area contributed by atoms with E-state index in [9.17, 15) is 9.50 Å². The molecule has 0 aliphatic carbocycles. The van der Waals surface area contributed by atoms with Crippen LogP contribution < -0.4 is 5.32 Å². The number of rotatable bonds is 4. The van der Waals surface area contributed by atoms with E-state index in [1.807, 2.05) is 6.92 Å². The Labute approximate surface area is 119 Å². The highest BCUT2D eigenvalue weighted by atomic mass is 19.1. The van der Waals surface area contributed by atoms with E-state index < -0.39 is 0 Å². The van der Waals surface area contributed by atoms with Crippen molar-refractivity contribution < 1.29 is 9.50 Å². The fraction of sp³-hybridized carbons (Fsp3) is 0.294. The lowest BCUT2D eigenvalue weighted by molar-refractivity contribution is 0.454. The lowest BCUT2D eigenvalue weighted by Gasteiger charge is -2.21. The average molecular weight is 273 g/mol. The van der Waals surface area contributed by atoms with Gasteiger partial charge in [0.05, 0.1) is 0 Å². The van der Waals surface area contributed by atoms with Gasteiger partial charge in [0.25, 0.3) is 0 Å². The molecule has 0 aliphatic rings. The van der Waals surface area contributed by atoms with E-state index in [-0.39, 0.29) is 23.7 Å². The molecule has 0 heterocycles. The summed E-state index contributed by atoms with van der Waals surface area (Å²) in [6, 6.07) is 12.5. The summed E-state index contributed by atoms with van der Waals surface area (Å²) in [7, 11) is 0. The first-order chi connectivity index (χ1) is 9.47. The van der Waals surface area contributed by atoms with Gasteiger partial charge in [-0.15, -0.1) is 0 Å². The third-order valence-electron chi connectivity index (χ3n) is 3.53. The number of nitrogens with one attached hydrogen (secondary N) is 1. The summed E-state index contributed by atoms with van der Waals surface area (Å²) in [5.41, 5.74) is 2.95. The van der Waals surface area contributed by atoms with Gasteiger partial charge in [-0.1, -0.05) is 35.9 Å². The molecule has 3 heteroatoms. The van der Waals surface area contributed by atoms with E-state index in [1.165, 1.54) is 17.2 Å². The summed E-state index contributed by atoms with van der Waals surface area (Å²) in [6.45, 7) is 6.02. The minimum atomic E-state index is -0.388. The summed E-state index contributed by atoms with van der Waals surface area (Å²) < 4.78 is 13.8. The van der Waals surface area contributed by atoms with Crippen LogP contribution in [0.3, 0.4) is 0 Å². The van der Waals surface area contributed by atoms with E-state index >= 15 is 0 Å². The van der Waals surface area contributed by atoms with Crippen LogP contribution >= 0.6 is 0 Å². The van der Waals surface area contributed by atoms with Crippen LogP contribution in [-0.4, -0.2) is 5.11 Å². The van der Waals surface area contributed by atoms with Gasteiger partial charge in [-0.2, -0.15) is 0 Å². The van der Waals surface area contributed by atoms with Crippen LogP contribution in [-0.2, 0) is 0 Å². The Morgan fingerprint density at radius 1 is 1.00 bits per heavy atom. The van der Waals surface area contributed by atoms with Crippen molar-refractivity contribution in [3.05, 3.63) is 65.0 Å². The zero-order valence-corrected chi connectivity index (χ0v) is 12.0. The maximum Gasteiger partial charge on any atom is 0.131 e. The highest BCUT2D eigenvalue weighted by Gasteiger charge is 2.14. The van der Waals surface area contributed by atoms with Gasteiger partial charge in [-0.3, -0.25) is 0 Å². The van der Waals surface area contributed by atoms with Crippen LogP contribution in [0.25, 0.3) is 0 Å². The maximum atomic E-state index is 13.8. The molecule has 2 N–H and O–H groups in total. The number of benzene rings is 2. The summed E-state index contributed by atoms with van der Waals surface area (Å²) in [5.74, 6) is -0.439. The van der Waals surface area contributed by atoms with Gasteiger partial charge >= 0.3 is 0 Å². The number of aromatic hydroxyl groups is 1. The lowest BCUT2D eigenvalue weighted by Crippen LogP contribution is -2.23. The standard InChI is InChI=1S/C17H20FNO/c1-11-4-6-14(7-5-11)12(2)19-13(3)16-9-8-15(20)10-17(16)18/h4-10,12-13,19-20H,1-3H3/t12-,13?/m0/s1. The molecule has 0 spiro atoms. The maximum absolute atomic E-state index is 13.8. The van der Waals surface area contributed by atoms with Crippen molar-refractivity contribution in [2.45, 2.75) is 32.9 Å². The quantitative estimate of drug-likeness (QED) is 0.872. The summed E-state index contributed by atoms with van der Waals surface area (Å²) >= 11 is 0. The first-order valence-electron chi connectivity index (χ1n) is 6.78. The molecule has 0 amide bonds. The van der Waals surface area contributed by atoms with Crippen LogP contribution in [0.1, 0.15) is 42.6 Å². The van der Waals surface area contributed by atoms with Crippen LogP contribution in [0.15, 0.2) is 42.5 Å². The summed E-state index contributed by atoms with van der Waals surface area (Å²) in [4.78, 5) is 0. The molecule has 0 aromatic heterocycles. The smallest absolute Gasteiger partial charge is 0.131 e. The summed E-state index contributed by atoms with van der Waals surface area (Å²) in [6.07, 6.45) is 0. The minimum Gasteiger partial charge on any atom is -0.508 e. The first kappa shape index (κ1) is 14.5. The lowest BCUT2D eigenvalue weighted by atomic mass is 10.0. The van der Waals surface area contributed by atoms with Crippen molar-refractivity contribution in [2.24, 2.45) is 0 Å². The number of phenols is 1. The molecule has 0 bridgehead atoms. The van der Waals surface area contributed by atoms with E-state index in [1.54, 1.807) is 6.07 Å². The minimum absolute atomic E-state index is 0.0509. The molecule has 106 valence electrons. The molecule has 20 heavy (non-hydrogen) atoms. The molecule has 2 atom stereocenters. The SMILES string of the molecule is Cc1ccc([C@H](C)NC(C)c2ccc(O)cc2F)cc1. The molecule has 1 unspecified atom stereocenters. The van der Waals surface area contributed by atoms with Crippen molar-refractivity contribution in [3.63, 3.8) is 0 Å². The van der Waals surface area contributed by atoms with Gasteiger partial charge in [-0.05, 0) is 32.4 Å². The summed E-state index contributed by atoms with van der Waals surface area (Å²) in [5, 5.41) is 12.6. The fourth-order valence-electron chi connectivity index (χ4n) is 2.28. The third kappa shape index (κ3) is 3.36. The van der Waals surface area contributed by atoms with Crippen molar-refractivity contribution in [1.29, 1.82) is 0 Å². The highest BCUT2D eigenvalue weighted by Crippen LogP contribution is 2.24. The van der Waals surface area contributed by atoms with Gasteiger partial charge in [0.1, 0.15) is 11.6 Å². The zero-order valence-electron chi connectivity index (χ0n) is 12.0. The number of phenolic OH excluding ortho intramolecular Hbond substituents is 1. The van der Waals surface area contributed by atoms with Gasteiger partial charge in [0.15, 0.2) is 0 Å². The van der Waals surface area contributed by atoms with Crippen LogP contribution in [0.2, 0.25) is 0 Å². The normalized spacial score (nSPS) is 14.0. The number of aryl methyl sites for hydroxylation is 1. The predicted molar refractivity (Wildman–Crippen MR) is 79.2 cm³/mol. The Kier molecular flexibility index (Phi) is 4.40. The van der Waals surface area contributed by atoms with Gasteiger partial charge in [-0.25, -0.2) is 4.39 Å². The average Bonchev–Trinajstić information content (AvgIpc) is 2.39.